The maximum absolute atomic E-state index is 12.1. The Labute approximate surface area is 120 Å². The molecule has 0 spiro atoms. The first-order chi connectivity index (χ1) is 9.81. The molecule has 8 heteroatoms. The molecule has 1 heterocycles. The molecule has 21 heavy (non-hydrogen) atoms. The van der Waals surface area contributed by atoms with Gasteiger partial charge in [-0.25, -0.2) is 9.59 Å². The molecule has 0 aromatic heterocycles. The highest BCUT2D eigenvalue weighted by molar-refractivity contribution is 6.09. The second-order valence-electron chi connectivity index (χ2n) is 4.89. The van der Waals surface area contributed by atoms with Gasteiger partial charge in [-0.3, -0.25) is 9.69 Å². The topological polar surface area (TPSA) is 119 Å². The predicted molar refractivity (Wildman–Crippen MR) is 74.1 cm³/mol. The van der Waals surface area contributed by atoms with Crippen LogP contribution in [-0.2, 0) is 9.59 Å². The van der Waals surface area contributed by atoms with E-state index in [4.69, 9.17) is 5.11 Å². The second kappa shape index (κ2) is 5.41. The number of nitrogens with zero attached hydrogens (tertiary/aromatic N) is 1. The van der Waals surface area contributed by atoms with Gasteiger partial charge in [-0.15, -0.1) is 0 Å². The molecule has 0 radical (unpaired) electrons. The zero-order valence-electron chi connectivity index (χ0n) is 11.3. The summed E-state index contributed by atoms with van der Waals surface area (Å²) in [7, 11) is 0. The third-order valence-electron chi connectivity index (χ3n) is 3.06. The molecule has 0 aliphatic carbocycles. The molecular formula is C13H15N3O5. The largest absolute Gasteiger partial charge is 0.479 e. The smallest absolute Gasteiger partial charge is 0.337 e. The van der Waals surface area contributed by atoms with E-state index in [1.807, 2.05) is 0 Å². The van der Waals surface area contributed by atoms with Gasteiger partial charge in [-0.05, 0) is 19.1 Å². The molecule has 3 amide bonds. The first kappa shape index (κ1) is 14.8. The van der Waals surface area contributed by atoms with Crippen LogP contribution in [0.1, 0.15) is 6.92 Å². The third-order valence-corrected chi connectivity index (χ3v) is 3.06. The van der Waals surface area contributed by atoms with Crippen molar-refractivity contribution in [2.45, 2.75) is 12.5 Å². The van der Waals surface area contributed by atoms with Gasteiger partial charge in [-0.1, -0.05) is 12.1 Å². The highest BCUT2D eigenvalue weighted by atomic mass is 16.4. The summed E-state index contributed by atoms with van der Waals surface area (Å²) in [5.41, 5.74) is -1.08. The van der Waals surface area contributed by atoms with E-state index in [-0.39, 0.29) is 12.5 Å². The van der Waals surface area contributed by atoms with Gasteiger partial charge in [0.25, 0.3) is 0 Å². The van der Waals surface area contributed by atoms with Crippen molar-refractivity contribution in [1.82, 2.24) is 5.32 Å². The summed E-state index contributed by atoms with van der Waals surface area (Å²) >= 11 is 0. The highest BCUT2D eigenvalue weighted by Crippen LogP contribution is 2.28. The van der Waals surface area contributed by atoms with Crippen LogP contribution in [0.25, 0.3) is 0 Å². The van der Waals surface area contributed by atoms with Crippen LogP contribution in [0.5, 0.6) is 0 Å². The minimum absolute atomic E-state index is 0.182. The number of carboxylic acids is 1. The van der Waals surface area contributed by atoms with E-state index in [1.54, 1.807) is 24.3 Å². The minimum atomic E-state index is -2.08. The van der Waals surface area contributed by atoms with Crippen LogP contribution in [0.3, 0.4) is 0 Å². The number of aliphatic carboxylic acids is 1. The van der Waals surface area contributed by atoms with Crippen LogP contribution in [0, 0.1) is 0 Å². The summed E-state index contributed by atoms with van der Waals surface area (Å²) in [5.74, 6) is -1.80. The van der Waals surface area contributed by atoms with Crippen LogP contribution in [0.4, 0.5) is 16.2 Å². The Kier molecular flexibility index (Phi) is 3.81. The normalized spacial score (nSPS) is 16.5. The molecule has 4 N–H and O–H groups in total. The van der Waals surface area contributed by atoms with E-state index in [9.17, 15) is 19.5 Å². The first-order valence-corrected chi connectivity index (χ1v) is 6.21. The average Bonchev–Trinajstić information content (AvgIpc) is 2.43. The summed E-state index contributed by atoms with van der Waals surface area (Å²) in [6.07, 6.45) is 0. The molecule has 112 valence electrons. The minimum Gasteiger partial charge on any atom is -0.479 e. The average molecular weight is 293 g/mol. The molecule has 1 aromatic rings. The van der Waals surface area contributed by atoms with Crippen molar-refractivity contribution in [3.8, 4) is 0 Å². The first-order valence-electron chi connectivity index (χ1n) is 6.21. The molecule has 1 atom stereocenters. The van der Waals surface area contributed by atoms with Gasteiger partial charge in [0.1, 0.15) is 6.54 Å². The van der Waals surface area contributed by atoms with Gasteiger partial charge in [0, 0.05) is 0 Å². The molecule has 0 saturated heterocycles. The fraction of sp³-hybridized carbons (Fsp3) is 0.308. The monoisotopic (exact) mass is 293 g/mol. The number of aliphatic hydroxyl groups is 1. The number of fused-ring (bicyclic) bond motifs is 1. The Morgan fingerprint density at radius 3 is 2.76 bits per heavy atom. The maximum atomic E-state index is 12.1. The molecule has 0 fully saturated rings. The van der Waals surface area contributed by atoms with Crippen LogP contribution >= 0.6 is 0 Å². The standard InChI is InChI=1S/C13H15N3O5/c1-13(21,11(18)19)7-14-12(20)16-6-10(17)15-8-4-2-3-5-9(8)16/h2-5,21H,6-7H2,1H3,(H,14,20)(H,15,17)(H,18,19). The van der Waals surface area contributed by atoms with Crippen molar-refractivity contribution in [2.75, 3.05) is 23.3 Å². The van der Waals surface area contributed by atoms with E-state index in [0.717, 1.165) is 6.92 Å². The van der Waals surface area contributed by atoms with Gasteiger partial charge in [0.05, 0.1) is 17.9 Å². The number of anilines is 2. The Hall–Kier alpha value is -2.61. The summed E-state index contributed by atoms with van der Waals surface area (Å²) in [6, 6.07) is 6.09. The number of para-hydroxylation sites is 2. The van der Waals surface area contributed by atoms with E-state index < -0.39 is 24.1 Å². The lowest BCUT2D eigenvalue weighted by atomic mass is 10.1. The Morgan fingerprint density at radius 1 is 1.43 bits per heavy atom. The van der Waals surface area contributed by atoms with Crippen molar-refractivity contribution in [3.63, 3.8) is 0 Å². The van der Waals surface area contributed by atoms with Gasteiger partial charge in [-0.2, -0.15) is 0 Å². The SMILES string of the molecule is CC(O)(CNC(=O)N1CC(=O)Nc2ccccc21)C(=O)O. The number of hydrogen-bond acceptors (Lipinski definition) is 4. The quantitative estimate of drug-likeness (QED) is 0.625. The van der Waals surface area contributed by atoms with Gasteiger partial charge >= 0.3 is 12.0 Å². The Balaban J connectivity index is 2.13. The number of benzene rings is 1. The highest BCUT2D eigenvalue weighted by Gasteiger charge is 2.32. The number of carbonyl (C=O) groups is 3. The lowest BCUT2D eigenvalue weighted by Gasteiger charge is -2.30. The van der Waals surface area contributed by atoms with Crippen molar-refractivity contribution >= 4 is 29.3 Å². The van der Waals surface area contributed by atoms with Gasteiger partial charge in [0.2, 0.25) is 5.91 Å². The lowest BCUT2D eigenvalue weighted by Crippen LogP contribution is -2.52. The van der Waals surface area contributed by atoms with Crippen LogP contribution in [0.15, 0.2) is 24.3 Å². The Bertz CT molecular complexity index is 599. The van der Waals surface area contributed by atoms with Crippen molar-refractivity contribution < 1.29 is 24.6 Å². The van der Waals surface area contributed by atoms with Crippen molar-refractivity contribution in [3.05, 3.63) is 24.3 Å². The fourth-order valence-electron chi connectivity index (χ4n) is 1.83. The summed E-state index contributed by atoms with van der Waals surface area (Å²) in [4.78, 5) is 35.6. The Morgan fingerprint density at radius 2 is 2.10 bits per heavy atom. The number of nitrogens with one attached hydrogen (secondary N) is 2. The number of carboxylic acid groups (broad SMARTS) is 1. The molecule has 8 nitrogen and oxygen atoms in total. The van der Waals surface area contributed by atoms with E-state index >= 15 is 0 Å². The molecular weight excluding hydrogens is 278 g/mol. The zero-order chi connectivity index (χ0) is 15.6. The van der Waals surface area contributed by atoms with E-state index in [2.05, 4.69) is 10.6 Å². The van der Waals surface area contributed by atoms with E-state index in [1.165, 1.54) is 4.90 Å². The number of hydrogen-bond donors (Lipinski definition) is 4. The van der Waals surface area contributed by atoms with Crippen LogP contribution in [0.2, 0.25) is 0 Å². The number of carbonyl (C=O) groups excluding carboxylic acids is 2. The van der Waals surface area contributed by atoms with Crippen LogP contribution in [-0.4, -0.2) is 46.8 Å². The fourth-order valence-corrected chi connectivity index (χ4v) is 1.83. The van der Waals surface area contributed by atoms with E-state index in [0.29, 0.717) is 11.4 Å². The van der Waals surface area contributed by atoms with Gasteiger partial charge < -0.3 is 20.8 Å². The molecule has 0 bridgehead atoms. The second-order valence-corrected chi connectivity index (χ2v) is 4.89. The maximum Gasteiger partial charge on any atom is 0.337 e. The number of rotatable bonds is 3. The number of urea groups is 1. The van der Waals surface area contributed by atoms with Crippen molar-refractivity contribution in [1.29, 1.82) is 0 Å². The summed E-state index contributed by atoms with van der Waals surface area (Å²) < 4.78 is 0. The molecule has 2 rings (SSSR count). The van der Waals surface area contributed by atoms with Crippen LogP contribution < -0.4 is 15.5 Å². The molecule has 1 aromatic carbocycles. The third kappa shape index (κ3) is 3.11. The molecule has 0 saturated carbocycles. The zero-order valence-corrected chi connectivity index (χ0v) is 11.3. The summed E-state index contributed by atoms with van der Waals surface area (Å²) in [6.45, 7) is 0.423. The van der Waals surface area contributed by atoms with Gasteiger partial charge in [0.15, 0.2) is 5.60 Å². The number of amides is 3. The lowest BCUT2D eigenvalue weighted by molar-refractivity contribution is -0.155. The summed E-state index contributed by atoms with van der Waals surface area (Å²) in [5, 5.41) is 23.3. The molecule has 1 aliphatic heterocycles. The van der Waals surface area contributed by atoms with Crippen molar-refractivity contribution in [2.24, 2.45) is 0 Å². The molecule has 1 aliphatic rings. The molecule has 1 unspecified atom stereocenters. The predicted octanol–water partition coefficient (Wildman–Crippen LogP) is -0.00970.